The van der Waals surface area contributed by atoms with Crippen molar-refractivity contribution in [2.75, 3.05) is 12.4 Å². The van der Waals surface area contributed by atoms with Gasteiger partial charge in [0.05, 0.1) is 5.69 Å². The number of rotatable bonds is 3. The minimum absolute atomic E-state index is 0.0737. The van der Waals surface area contributed by atoms with E-state index in [2.05, 4.69) is 15.4 Å². The van der Waals surface area contributed by atoms with Gasteiger partial charge in [-0.15, -0.1) is 5.10 Å². The van der Waals surface area contributed by atoms with Crippen LogP contribution in [0.1, 0.15) is 35.7 Å². The molecule has 0 saturated heterocycles. The molecule has 0 aliphatic heterocycles. The third-order valence-corrected chi connectivity index (χ3v) is 3.58. The average Bonchev–Trinajstić information content (AvgIpc) is 3.16. The van der Waals surface area contributed by atoms with E-state index in [1.54, 1.807) is 6.07 Å². The Morgan fingerprint density at radius 3 is 2.52 bits per heavy atom. The summed E-state index contributed by atoms with van der Waals surface area (Å²) in [5.74, 6) is -0.467. The number of nitrogens with one attached hydrogen (secondary N) is 1. The molecule has 0 unspecified atom stereocenters. The van der Waals surface area contributed by atoms with E-state index in [1.807, 2.05) is 19.1 Å². The van der Waals surface area contributed by atoms with Gasteiger partial charge >= 0.3 is 6.18 Å². The third kappa shape index (κ3) is 2.59. The van der Waals surface area contributed by atoms with E-state index < -0.39 is 12.0 Å². The molecular weight excluding hydrogens is 281 g/mol. The van der Waals surface area contributed by atoms with Crippen LogP contribution in [-0.2, 0) is 6.18 Å². The highest BCUT2D eigenvalue weighted by molar-refractivity contribution is 5.48. The molecule has 3 rings (SSSR count). The lowest BCUT2D eigenvalue weighted by Gasteiger charge is -2.10. The van der Waals surface area contributed by atoms with Crippen LogP contribution in [0.5, 0.6) is 0 Å². The largest absolute Gasteiger partial charge is 0.453 e. The van der Waals surface area contributed by atoms with Crippen molar-refractivity contribution in [2.45, 2.75) is 31.9 Å². The number of halogens is 3. The lowest BCUT2D eigenvalue weighted by atomic mass is 10.1. The summed E-state index contributed by atoms with van der Waals surface area (Å²) in [5, 5.41) is 6.24. The van der Waals surface area contributed by atoms with Gasteiger partial charge in [0.15, 0.2) is 0 Å². The third-order valence-electron chi connectivity index (χ3n) is 3.58. The maximum absolute atomic E-state index is 12.7. The van der Waals surface area contributed by atoms with Crippen LogP contribution in [0.4, 0.5) is 19.1 Å². The summed E-state index contributed by atoms with van der Waals surface area (Å²) >= 11 is 0. The zero-order chi connectivity index (χ0) is 15.2. The first-order valence-electron chi connectivity index (χ1n) is 6.73. The summed E-state index contributed by atoms with van der Waals surface area (Å²) in [4.78, 5) is 3.50. The molecule has 2 aromatic rings. The molecule has 1 fully saturated rings. The van der Waals surface area contributed by atoms with E-state index in [0.717, 1.165) is 5.56 Å². The highest BCUT2D eigenvalue weighted by atomic mass is 19.4. The molecule has 1 heterocycles. The Kier molecular flexibility index (Phi) is 3.15. The Hall–Kier alpha value is -2.05. The molecule has 112 valence electrons. The van der Waals surface area contributed by atoms with Crippen LogP contribution in [0.3, 0.4) is 0 Å². The first kappa shape index (κ1) is 13.9. The van der Waals surface area contributed by atoms with Gasteiger partial charge in [-0.1, -0.05) is 12.1 Å². The van der Waals surface area contributed by atoms with Gasteiger partial charge in [-0.3, -0.25) is 0 Å². The SMILES string of the molecule is CNc1nc(C(F)(F)F)nn1-c1ccc(C2CC2)cc1C. The molecule has 1 saturated carbocycles. The van der Waals surface area contributed by atoms with Crippen molar-refractivity contribution in [3.05, 3.63) is 35.2 Å². The van der Waals surface area contributed by atoms with Gasteiger partial charge < -0.3 is 5.32 Å². The van der Waals surface area contributed by atoms with Crippen LogP contribution >= 0.6 is 0 Å². The first-order valence-corrected chi connectivity index (χ1v) is 6.73. The predicted molar refractivity (Wildman–Crippen MR) is 72.6 cm³/mol. The Labute approximate surface area is 120 Å². The molecule has 7 heteroatoms. The molecule has 0 spiro atoms. The van der Waals surface area contributed by atoms with E-state index in [-0.39, 0.29) is 5.95 Å². The molecule has 21 heavy (non-hydrogen) atoms. The number of hydrogen-bond acceptors (Lipinski definition) is 3. The maximum atomic E-state index is 12.7. The molecular formula is C14H15F3N4. The van der Waals surface area contributed by atoms with E-state index in [9.17, 15) is 13.2 Å². The smallest absolute Gasteiger partial charge is 0.357 e. The van der Waals surface area contributed by atoms with Crippen LogP contribution in [0.2, 0.25) is 0 Å². The van der Waals surface area contributed by atoms with Gasteiger partial charge in [0.1, 0.15) is 0 Å². The van der Waals surface area contributed by atoms with Crippen molar-refractivity contribution in [3.8, 4) is 5.69 Å². The number of alkyl halides is 3. The van der Waals surface area contributed by atoms with Gasteiger partial charge in [0.2, 0.25) is 5.95 Å². The number of aryl methyl sites for hydroxylation is 1. The van der Waals surface area contributed by atoms with Gasteiger partial charge in [-0.25, -0.2) is 0 Å². The standard InChI is InChI=1S/C14H15F3N4/c1-8-7-10(9-3-4-9)5-6-11(8)21-13(18-2)19-12(20-21)14(15,16)17/h5-7,9H,3-4H2,1-2H3,(H,18,19,20). The van der Waals surface area contributed by atoms with Gasteiger partial charge in [0.25, 0.3) is 5.82 Å². The number of anilines is 1. The Morgan fingerprint density at radius 1 is 1.29 bits per heavy atom. The van der Waals surface area contributed by atoms with Crippen molar-refractivity contribution in [1.82, 2.24) is 14.8 Å². The number of nitrogens with zero attached hydrogens (tertiary/aromatic N) is 3. The summed E-state index contributed by atoms with van der Waals surface area (Å²) < 4.78 is 39.4. The molecule has 0 atom stereocenters. The van der Waals surface area contributed by atoms with E-state index in [0.29, 0.717) is 11.6 Å². The molecule has 0 bridgehead atoms. The second-order valence-electron chi connectivity index (χ2n) is 5.24. The quantitative estimate of drug-likeness (QED) is 0.942. The second kappa shape index (κ2) is 4.75. The summed E-state index contributed by atoms with van der Waals surface area (Å²) in [5.41, 5.74) is 2.72. The van der Waals surface area contributed by atoms with Crippen molar-refractivity contribution in [1.29, 1.82) is 0 Å². The summed E-state index contributed by atoms with van der Waals surface area (Å²) in [7, 11) is 1.52. The minimum atomic E-state index is -4.56. The minimum Gasteiger partial charge on any atom is -0.357 e. The molecule has 1 aliphatic rings. The first-order chi connectivity index (χ1) is 9.90. The van der Waals surface area contributed by atoms with Crippen molar-refractivity contribution >= 4 is 5.95 Å². The van der Waals surface area contributed by atoms with Crippen molar-refractivity contribution in [3.63, 3.8) is 0 Å². The Bertz CT molecular complexity index is 671. The number of aromatic nitrogens is 3. The van der Waals surface area contributed by atoms with Crippen molar-refractivity contribution in [2.24, 2.45) is 0 Å². The van der Waals surface area contributed by atoms with Gasteiger partial charge in [-0.2, -0.15) is 22.8 Å². The van der Waals surface area contributed by atoms with Crippen LogP contribution < -0.4 is 5.32 Å². The fourth-order valence-corrected chi connectivity index (χ4v) is 2.35. The second-order valence-corrected chi connectivity index (χ2v) is 5.24. The Balaban J connectivity index is 2.05. The highest BCUT2D eigenvalue weighted by Gasteiger charge is 2.37. The summed E-state index contributed by atoms with van der Waals surface area (Å²) in [6, 6.07) is 5.77. The molecule has 1 aromatic heterocycles. The van der Waals surface area contributed by atoms with Gasteiger partial charge in [-0.05, 0) is 42.9 Å². The molecule has 1 N–H and O–H groups in total. The highest BCUT2D eigenvalue weighted by Crippen LogP contribution is 2.41. The molecule has 1 aromatic carbocycles. The normalized spacial score (nSPS) is 15.3. The van der Waals surface area contributed by atoms with E-state index in [4.69, 9.17) is 0 Å². The average molecular weight is 296 g/mol. The molecule has 4 nitrogen and oxygen atoms in total. The monoisotopic (exact) mass is 296 g/mol. The zero-order valence-corrected chi connectivity index (χ0v) is 11.7. The lowest BCUT2D eigenvalue weighted by Crippen LogP contribution is -2.09. The van der Waals surface area contributed by atoms with E-state index in [1.165, 1.54) is 30.1 Å². The van der Waals surface area contributed by atoms with Gasteiger partial charge in [0, 0.05) is 7.05 Å². The Morgan fingerprint density at radius 2 is 2.00 bits per heavy atom. The van der Waals surface area contributed by atoms with Crippen molar-refractivity contribution < 1.29 is 13.2 Å². The lowest BCUT2D eigenvalue weighted by molar-refractivity contribution is -0.144. The van der Waals surface area contributed by atoms with Crippen LogP contribution in [-0.4, -0.2) is 21.8 Å². The number of benzene rings is 1. The zero-order valence-electron chi connectivity index (χ0n) is 11.7. The topological polar surface area (TPSA) is 42.7 Å². The van der Waals surface area contributed by atoms with Crippen LogP contribution in [0.25, 0.3) is 5.69 Å². The van der Waals surface area contributed by atoms with E-state index >= 15 is 0 Å². The molecule has 0 amide bonds. The van der Waals surface area contributed by atoms with Crippen LogP contribution in [0.15, 0.2) is 18.2 Å². The fraction of sp³-hybridized carbons (Fsp3) is 0.429. The predicted octanol–water partition coefficient (Wildman–Crippen LogP) is 3.51. The molecule has 1 aliphatic carbocycles. The fourth-order valence-electron chi connectivity index (χ4n) is 2.35. The van der Waals surface area contributed by atoms with Crippen LogP contribution in [0, 0.1) is 6.92 Å². The maximum Gasteiger partial charge on any atom is 0.453 e. The molecule has 0 radical (unpaired) electrons. The summed E-state index contributed by atoms with van der Waals surface area (Å²) in [6.07, 6.45) is -2.19. The number of hydrogen-bond donors (Lipinski definition) is 1. The summed E-state index contributed by atoms with van der Waals surface area (Å²) in [6.45, 7) is 1.87.